The molecule has 0 heterocycles. The maximum atomic E-state index is 5.78. The van der Waals surface area contributed by atoms with E-state index in [9.17, 15) is 0 Å². The largest absolute Gasteiger partial charge is 0.493 e. The number of ether oxygens (including phenoxy) is 2. The van der Waals surface area contributed by atoms with E-state index in [1.165, 1.54) is 5.56 Å². The Morgan fingerprint density at radius 1 is 1.05 bits per heavy atom. The summed E-state index contributed by atoms with van der Waals surface area (Å²) in [7, 11) is 1.66. The van der Waals surface area contributed by atoms with Gasteiger partial charge >= 0.3 is 0 Å². The summed E-state index contributed by atoms with van der Waals surface area (Å²) in [6, 6.07) is 13.9. The lowest BCUT2D eigenvalue weighted by molar-refractivity contribution is 0.289. The van der Waals surface area contributed by atoms with Gasteiger partial charge in [0.2, 0.25) is 0 Å². The van der Waals surface area contributed by atoms with Crippen molar-refractivity contribution in [3.8, 4) is 11.5 Å². The summed E-state index contributed by atoms with van der Waals surface area (Å²) in [6.45, 7) is 2.69. The van der Waals surface area contributed by atoms with Crippen molar-refractivity contribution in [3.63, 3.8) is 0 Å². The number of hydrogen-bond acceptors (Lipinski definition) is 3. The summed E-state index contributed by atoms with van der Waals surface area (Å²) in [5, 5.41) is 0. The van der Waals surface area contributed by atoms with E-state index in [-0.39, 0.29) is 0 Å². The van der Waals surface area contributed by atoms with E-state index < -0.39 is 0 Å². The van der Waals surface area contributed by atoms with Crippen LogP contribution in [0.25, 0.3) is 0 Å². The Labute approximate surface area is 120 Å². The third-order valence-corrected chi connectivity index (χ3v) is 3.14. The quantitative estimate of drug-likeness (QED) is 0.645. The molecular formula is C17H21NO2. The lowest BCUT2D eigenvalue weighted by atomic mass is 10.1. The number of hydrogen-bond donors (Lipinski definition) is 1. The van der Waals surface area contributed by atoms with Crippen molar-refractivity contribution in [2.45, 2.75) is 19.8 Å². The van der Waals surface area contributed by atoms with Gasteiger partial charge in [-0.05, 0) is 55.2 Å². The Hall–Kier alpha value is -2.16. The molecule has 2 aromatic rings. The second kappa shape index (κ2) is 6.85. The van der Waals surface area contributed by atoms with Crippen molar-refractivity contribution < 1.29 is 9.47 Å². The first-order valence-electron chi connectivity index (χ1n) is 6.81. The minimum absolute atomic E-state index is 0.661. The lowest BCUT2D eigenvalue weighted by Gasteiger charge is -2.11. The number of aryl methyl sites for hydroxylation is 2. The van der Waals surface area contributed by atoms with E-state index in [1.807, 2.05) is 43.3 Å². The van der Waals surface area contributed by atoms with E-state index in [4.69, 9.17) is 15.2 Å². The second-order valence-corrected chi connectivity index (χ2v) is 4.85. The first-order chi connectivity index (χ1) is 9.69. The predicted octanol–water partition coefficient (Wildman–Crippen LogP) is 3.60. The molecule has 20 heavy (non-hydrogen) atoms. The SMILES string of the molecule is COc1cc(C)ccc1OCCCc1cccc(N)c1. The number of nitrogen functional groups attached to an aromatic ring is 1. The van der Waals surface area contributed by atoms with Gasteiger partial charge in [0.25, 0.3) is 0 Å². The maximum Gasteiger partial charge on any atom is 0.161 e. The van der Waals surface area contributed by atoms with E-state index in [2.05, 4.69) is 6.07 Å². The normalized spacial score (nSPS) is 10.3. The molecule has 0 fully saturated rings. The second-order valence-electron chi connectivity index (χ2n) is 4.85. The van der Waals surface area contributed by atoms with E-state index in [0.29, 0.717) is 6.61 Å². The Balaban J connectivity index is 1.84. The van der Waals surface area contributed by atoms with Crippen molar-refractivity contribution in [2.24, 2.45) is 0 Å². The van der Waals surface area contributed by atoms with Gasteiger partial charge in [-0.3, -0.25) is 0 Å². The molecule has 106 valence electrons. The van der Waals surface area contributed by atoms with Crippen molar-refractivity contribution in [1.29, 1.82) is 0 Å². The van der Waals surface area contributed by atoms with Gasteiger partial charge in [0.15, 0.2) is 11.5 Å². The first kappa shape index (κ1) is 14.3. The summed E-state index contributed by atoms with van der Waals surface area (Å²) in [6.07, 6.45) is 1.90. The molecule has 0 radical (unpaired) electrons. The molecule has 0 spiro atoms. The van der Waals surface area contributed by atoms with Gasteiger partial charge in [0.1, 0.15) is 0 Å². The first-order valence-corrected chi connectivity index (χ1v) is 6.81. The number of anilines is 1. The van der Waals surface area contributed by atoms with Crippen LogP contribution in [0.1, 0.15) is 17.5 Å². The predicted molar refractivity (Wildman–Crippen MR) is 82.4 cm³/mol. The van der Waals surface area contributed by atoms with Gasteiger partial charge in [-0.1, -0.05) is 18.2 Å². The van der Waals surface area contributed by atoms with Crippen LogP contribution >= 0.6 is 0 Å². The van der Waals surface area contributed by atoms with Gasteiger partial charge < -0.3 is 15.2 Å². The smallest absolute Gasteiger partial charge is 0.161 e. The molecular weight excluding hydrogens is 250 g/mol. The third-order valence-electron chi connectivity index (χ3n) is 3.14. The molecule has 2 rings (SSSR count). The zero-order valence-electron chi connectivity index (χ0n) is 12.1. The molecule has 0 aliphatic rings. The fraction of sp³-hybridized carbons (Fsp3) is 0.294. The fourth-order valence-electron chi connectivity index (χ4n) is 2.10. The van der Waals surface area contributed by atoms with Crippen LogP contribution in [-0.4, -0.2) is 13.7 Å². The van der Waals surface area contributed by atoms with Gasteiger partial charge in [-0.2, -0.15) is 0 Å². The number of methoxy groups -OCH3 is 1. The summed E-state index contributed by atoms with van der Waals surface area (Å²) >= 11 is 0. The zero-order chi connectivity index (χ0) is 14.4. The van der Waals surface area contributed by atoms with E-state index in [1.54, 1.807) is 7.11 Å². The van der Waals surface area contributed by atoms with Gasteiger partial charge in [-0.25, -0.2) is 0 Å². The van der Waals surface area contributed by atoms with Crippen LogP contribution in [0.5, 0.6) is 11.5 Å². The highest BCUT2D eigenvalue weighted by Gasteiger charge is 2.04. The highest BCUT2D eigenvalue weighted by atomic mass is 16.5. The molecule has 0 unspecified atom stereocenters. The molecule has 3 nitrogen and oxygen atoms in total. The van der Waals surface area contributed by atoms with E-state index in [0.717, 1.165) is 35.6 Å². The minimum atomic E-state index is 0.661. The molecule has 0 saturated carbocycles. The monoisotopic (exact) mass is 271 g/mol. The van der Waals surface area contributed by atoms with Crippen LogP contribution in [0.15, 0.2) is 42.5 Å². The van der Waals surface area contributed by atoms with Crippen LogP contribution in [0.3, 0.4) is 0 Å². The zero-order valence-corrected chi connectivity index (χ0v) is 12.1. The van der Waals surface area contributed by atoms with Crippen LogP contribution in [0, 0.1) is 6.92 Å². The Bertz CT molecular complexity index is 567. The van der Waals surface area contributed by atoms with Crippen molar-refractivity contribution in [3.05, 3.63) is 53.6 Å². The van der Waals surface area contributed by atoms with Crippen molar-refractivity contribution >= 4 is 5.69 Å². The fourth-order valence-corrected chi connectivity index (χ4v) is 2.10. The average molecular weight is 271 g/mol. The molecule has 2 aromatic carbocycles. The Morgan fingerprint density at radius 3 is 2.65 bits per heavy atom. The van der Waals surface area contributed by atoms with Crippen molar-refractivity contribution in [1.82, 2.24) is 0 Å². The summed E-state index contributed by atoms with van der Waals surface area (Å²) < 4.78 is 11.1. The molecule has 0 bridgehead atoms. The molecule has 0 aromatic heterocycles. The molecule has 0 saturated heterocycles. The highest BCUT2D eigenvalue weighted by Crippen LogP contribution is 2.27. The van der Waals surface area contributed by atoms with Gasteiger partial charge in [0.05, 0.1) is 13.7 Å². The number of rotatable bonds is 6. The van der Waals surface area contributed by atoms with Crippen LogP contribution in [0.2, 0.25) is 0 Å². The highest BCUT2D eigenvalue weighted by molar-refractivity contribution is 5.42. The topological polar surface area (TPSA) is 44.5 Å². The third kappa shape index (κ3) is 3.92. The number of benzene rings is 2. The van der Waals surface area contributed by atoms with Gasteiger partial charge in [-0.15, -0.1) is 0 Å². The Morgan fingerprint density at radius 2 is 1.90 bits per heavy atom. The summed E-state index contributed by atoms with van der Waals surface area (Å²) in [4.78, 5) is 0. The standard InChI is InChI=1S/C17H21NO2/c1-13-8-9-16(17(11-13)19-2)20-10-4-6-14-5-3-7-15(18)12-14/h3,5,7-9,11-12H,4,6,10,18H2,1-2H3. The molecule has 0 aliphatic carbocycles. The minimum Gasteiger partial charge on any atom is -0.493 e. The average Bonchev–Trinajstić information content (AvgIpc) is 2.45. The molecule has 0 amide bonds. The molecule has 3 heteroatoms. The Kier molecular flexibility index (Phi) is 4.88. The van der Waals surface area contributed by atoms with Crippen LogP contribution < -0.4 is 15.2 Å². The molecule has 2 N–H and O–H groups in total. The lowest BCUT2D eigenvalue weighted by Crippen LogP contribution is -2.01. The van der Waals surface area contributed by atoms with Gasteiger partial charge in [0, 0.05) is 5.69 Å². The van der Waals surface area contributed by atoms with Crippen molar-refractivity contribution in [2.75, 3.05) is 19.5 Å². The summed E-state index contributed by atoms with van der Waals surface area (Å²) in [5.41, 5.74) is 8.97. The van der Waals surface area contributed by atoms with Crippen LogP contribution in [-0.2, 0) is 6.42 Å². The maximum absolute atomic E-state index is 5.78. The van der Waals surface area contributed by atoms with Crippen LogP contribution in [0.4, 0.5) is 5.69 Å². The summed E-state index contributed by atoms with van der Waals surface area (Å²) in [5.74, 6) is 1.58. The van der Waals surface area contributed by atoms with E-state index >= 15 is 0 Å². The molecule has 0 atom stereocenters. The number of nitrogens with two attached hydrogens (primary N) is 1. The molecule has 0 aliphatic heterocycles.